The lowest BCUT2D eigenvalue weighted by Crippen LogP contribution is -2.39. The molecule has 0 saturated carbocycles. The van der Waals surface area contributed by atoms with Crippen LogP contribution in [-0.4, -0.2) is 24.5 Å². The van der Waals surface area contributed by atoms with Crippen LogP contribution >= 0.6 is 11.6 Å². The number of carbonyl (C=O) groups is 2. The van der Waals surface area contributed by atoms with Crippen LogP contribution in [0.2, 0.25) is 5.02 Å². The Morgan fingerprint density at radius 1 is 1.58 bits per heavy atom. The second kappa shape index (κ2) is 5.57. The summed E-state index contributed by atoms with van der Waals surface area (Å²) in [5.74, 6) is -1.21. The largest absolute Gasteiger partial charge is 0.464 e. The summed E-state index contributed by atoms with van der Waals surface area (Å²) in [6.07, 6.45) is 0.658. The van der Waals surface area contributed by atoms with Crippen LogP contribution in [0, 0.1) is 5.82 Å². The van der Waals surface area contributed by atoms with Crippen molar-refractivity contribution in [2.45, 2.75) is 25.8 Å². The fourth-order valence-electron chi connectivity index (χ4n) is 2.10. The van der Waals surface area contributed by atoms with Crippen LogP contribution in [0.4, 0.5) is 10.1 Å². The van der Waals surface area contributed by atoms with Gasteiger partial charge in [0.15, 0.2) is 0 Å². The lowest BCUT2D eigenvalue weighted by Gasteiger charge is -2.23. The van der Waals surface area contributed by atoms with E-state index in [0.717, 1.165) is 0 Å². The number of rotatable bonds is 3. The first-order valence-corrected chi connectivity index (χ1v) is 6.36. The molecule has 0 N–H and O–H groups in total. The van der Waals surface area contributed by atoms with E-state index in [1.165, 1.54) is 23.1 Å². The van der Waals surface area contributed by atoms with E-state index in [9.17, 15) is 14.0 Å². The summed E-state index contributed by atoms with van der Waals surface area (Å²) in [6, 6.07) is 3.28. The first-order valence-electron chi connectivity index (χ1n) is 5.98. The molecule has 1 aliphatic rings. The number of carbonyl (C=O) groups excluding carboxylic acids is 2. The molecule has 2 rings (SSSR count). The number of hydrogen-bond donors (Lipinski definition) is 0. The van der Waals surface area contributed by atoms with E-state index in [0.29, 0.717) is 12.1 Å². The highest BCUT2D eigenvalue weighted by Gasteiger charge is 2.38. The van der Waals surface area contributed by atoms with Gasteiger partial charge in [0.2, 0.25) is 5.91 Å². The number of anilines is 1. The molecule has 0 aromatic heterocycles. The molecular weight excluding hydrogens is 273 g/mol. The van der Waals surface area contributed by atoms with E-state index >= 15 is 0 Å². The molecule has 0 spiro atoms. The molecule has 0 bridgehead atoms. The summed E-state index contributed by atoms with van der Waals surface area (Å²) in [5.41, 5.74) is 0.409. The molecule has 0 radical (unpaired) electrons. The van der Waals surface area contributed by atoms with Gasteiger partial charge in [-0.2, -0.15) is 0 Å². The second-order valence-electron chi connectivity index (χ2n) is 4.17. The van der Waals surface area contributed by atoms with Gasteiger partial charge in [0.25, 0.3) is 0 Å². The van der Waals surface area contributed by atoms with Crippen molar-refractivity contribution in [2.24, 2.45) is 0 Å². The number of benzene rings is 1. The van der Waals surface area contributed by atoms with Crippen LogP contribution in [0.25, 0.3) is 0 Å². The fraction of sp³-hybridized carbons (Fsp3) is 0.385. The number of ether oxygens (including phenoxy) is 1. The van der Waals surface area contributed by atoms with Gasteiger partial charge in [-0.3, -0.25) is 9.69 Å². The Balaban J connectivity index is 2.31. The minimum atomic E-state index is -0.658. The number of halogens is 2. The molecule has 1 fully saturated rings. The average Bonchev–Trinajstić information content (AvgIpc) is 2.75. The average molecular weight is 286 g/mol. The summed E-state index contributed by atoms with van der Waals surface area (Å²) >= 11 is 5.70. The van der Waals surface area contributed by atoms with Gasteiger partial charge in [0.05, 0.1) is 11.6 Å². The molecule has 1 heterocycles. The molecule has 1 amide bonds. The lowest BCUT2D eigenvalue weighted by molar-refractivity contribution is -0.144. The van der Waals surface area contributed by atoms with E-state index in [-0.39, 0.29) is 24.0 Å². The Kier molecular flexibility index (Phi) is 4.04. The van der Waals surface area contributed by atoms with Crippen molar-refractivity contribution < 1.29 is 18.7 Å². The highest BCUT2D eigenvalue weighted by Crippen LogP contribution is 2.30. The Bertz CT molecular complexity index is 521. The maximum absolute atomic E-state index is 13.1. The number of amides is 1. The van der Waals surface area contributed by atoms with Crippen molar-refractivity contribution in [1.29, 1.82) is 0 Å². The van der Waals surface area contributed by atoms with Gasteiger partial charge in [-0.15, -0.1) is 0 Å². The van der Waals surface area contributed by atoms with Crippen molar-refractivity contribution in [1.82, 2.24) is 0 Å². The summed E-state index contributed by atoms with van der Waals surface area (Å²) < 4.78 is 18.1. The molecule has 1 aliphatic heterocycles. The quantitative estimate of drug-likeness (QED) is 0.802. The summed E-state index contributed by atoms with van der Waals surface area (Å²) in [6.45, 7) is 1.95. The number of nitrogens with zero attached hydrogens (tertiary/aromatic N) is 1. The number of hydrogen-bond acceptors (Lipinski definition) is 3. The maximum Gasteiger partial charge on any atom is 0.329 e. The number of esters is 1. The zero-order chi connectivity index (χ0) is 14.0. The predicted octanol–water partition coefficient (Wildman–Crippen LogP) is 2.54. The Hall–Kier alpha value is -1.62. The van der Waals surface area contributed by atoms with Crippen LogP contribution in [-0.2, 0) is 14.3 Å². The van der Waals surface area contributed by atoms with Crippen molar-refractivity contribution in [3.05, 3.63) is 29.0 Å². The Morgan fingerprint density at radius 2 is 2.32 bits per heavy atom. The minimum Gasteiger partial charge on any atom is -0.464 e. The lowest BCUT2D eigenvalue weighted by atomic mass is 10.2. The molecule has 1 unspecified atom stereocenters. The monoisotopic (exact) mass is 285 g/mol. The van der Waals surface area contributed by atoms with E-state index in [2.05, 4.69) is 0 Å². The first-order chi connectivity index (χ1) is 9.04. The third-order valence-electron chi connectivity index (χ3n) is 2.95. The SMILES string of the molecule is CCOC(=O)C1CCC(=O)N1c1ccc(F)c(Cl)c1. The molecule has 4 nitrogen and oxygen atoms in total. The standard InChI is InChI=1S/C13H13ClFNO3/c1-2-19-13(18)11-5-6-12(17)16(11)8-3-4-10(15)9(14)7-8/h3-4,7,11H,2,5-6H2,1H3. The molecule has 1 aromatic rings. The van der Waals surface area contributed by atoms with Crippen LogP contribution < -0.4 is 4.90 Å². The fourth-order valence-corrected chi connectivity index (χ4v) is 2.28. The van der Waals surface area contributed by atoms with Crippen molar-refractivity contribution in [2.75, 3.05) is 11.5 Å². The molecule has 1 aromatic carbocycles. The van der Waals surface area contributed by atoms with Crippen LogP contribution in [0.15, 0.2) is 18.2 Å². The smallest absolute Gasteiger partial charge is 0.329 e. The molecule has 1 saturated heterocycles. The summed E-state index contributed by atoms with van der Waals surface area (Å²) in [4.78, 5) is 25.0. The molecule has 102 valence electrons. The summed E-state index contributed by atoms with van der Waals surface area (Å²) in [7, 11) is 0. The van der Waals surface area contributed by atoms with Crippen molar-refractivity contribution in [3.63, 3.8) is 0 Å². The zero-order valence-electron chi connectivity index (χ0n) is 10.4. The van der Waals surface area contributed by atoms with E-state index in [1.807, 2.05) is 0 Å². The normalized spacial score (nSPS) is 18.8. The Labute approximate surface area is 115 Å². The second-order valence-corrected chi connectivity index (χ2v) is 4.58. The first kappa shape index (κ1) is 13.8. The summed E-state index contributed by atoms with van der Waals surface area (Å²) in [5, 5.41) is -0.0835. The van der Waals surface area contributed by atoms with Gasteiger partial charge in [-0.05, 0) is 31.5 Å². The molecule has 19 heavy (non-hydrogen) atoms. The van der Waals surface area contributed by atoms with Crippen LogP contribution in [0.3, 0.4) is 0 Å². The molecular formula is C13H13ClFNO3. The third kappa shape index (κ3) is 2.71. The molecule has 1 atom stereocenters. The predicted molar refractivity (Wildman–Crippen MR) is 68.6 cm³/mol. The minimum absolute atomic E-state index is 0.0835. The highest BCUT2D eigenvalue weighted by atomic mass is 35.5. The Morgan fingerprint density at radius 3 is 2.95 bits per heavy atom. The maximum atomic E-state index is 13.1. The van der Waals surface area contributed by atoms with Crippen molar-refractivity contribution >= 4 is 29.2 Å². The van der Waals surface area contributed by atoms with Gasteiger partial charge in [0.1, 0.15) is 11.9 Å². The highest BCUT2D eigenvalue weighted by molar-refractivity contribution is 6.31. The van der Waals surface area contributed by atoms with Crippen LogP contribution in [0.1, 0.15) is 19.8 Å². The molecule has 0 aliphatic carbocycles. The zero-order valence-corrected chi connectivity index (χ0v) is 11.1. The van der Waals surface area contributed by atoms with E-state index < -0.39 is 17.8 Å². The topological polar surface area (TPSA) is 46.6 Å². The third-order valence-corrected chi connectivity index (χ3v) is 3.24. The van der Waals surface area contributed by atoms with Gasteiger partial charge in [-0.25, -0.2) is 9.18 Å². The van der Waals surface area contributed by atoms with Gasteiger partial charge < -0.3 is 4.74 Å². The van der Waals surface area contributed by atoms with E-state index in [1.54, 1.807) is 6.92 Å². The van der Waals surface area contributed by atoms with E-state index in [4.69, 9.17) is 16.3 Å². The van der Waals surface area contributed by atoms with Gasteiger partial charge in [0, 0.05) is 12.1 Å². The molecule has 6 heteroatoms. The van der Waals surface area contributed by atoms with Crippen LogP contribution in [0.5, 0.6) is 0 Å². The van der Waals surface area contributed by atoms with Gasteiger partial charge in [-0.1, -0.05) is 11.6 Å². The van der Waals surface area contributed by atoms with Crippen molar-refractivity contribution in [3.8, 4) is 0 Å². The van der Waals surface area contributed by atoms with Gasteiger partial charge >= 0.3 is 5.97 Å².